The Labute approximate surface area is 123 Å². The van der Waals surface area contributed by atoms with Crippen LogP contribution in [0.5, 0.6) is 0 Å². The van der Waals surface area contributed by atoms with Crippen LogP contribution < -0.4 is 5.32 Å². The number of alkyl halides is 3. The maximum atomic E-state index is 13.0. The van der Waals surface area contributed by atoms with Crippen LogP contribution in [0.1, 0.15) is 25.0 Å². The van der Waals surface area contributed by atoms with Gasteiger partial charge < -0.3 is 10.2 Å². The number of halogens is 4. The standard InChI is InChI=1S/C15H22F4N2/c1-10(2)14(9-21(3)4)20-8-11-5-6-12(16)7-13(11)15(17,18)19/h5-7,10,14,20H,8-9H2,1-4H3. The van der Waals surface area contributed by atoms with Gasteiger partial charge in [-0.25, -0.2) is 4.39 Å². The van der Waals surface area contributed by atoms with Crippen LogP contribution in [-0.2, 0) is 12.7 Å². The average Bonchev–Trinajstić information content (AvgIpc) is 2.33. The quantitative estimate of drug-likeness (QED) is 0.809. The van der Waals surface area contributed by atoms with E-state index in [0.29, 0.717) is 6.07 Å². The number of benzene rings is 1. The third kappa shape index (κ3) is 5.63. The van der Waals surface area contributed by atoms with Gasteiger partial charge in [0.1, 0.15) is 5.82 Å². The van der Waals surface area contributed by atoms with Gasteiger partial charge in [-0.05, 0) is 37.7 Å². The Balaban J connectivity index is 2.87. The topological polar surface area (TPSA) is 15.3 Å². The van der Waals surface area contributed by atoms with Gasteiger partial charge in [0.25, 0.3) is 0 Å². The van der Waals surface area contributed by atoms with Crippen molar-refractivity contribution in [1.29, 1.82) is 0 Å². The van der Waals surface area contributed by atoms with Crippen molar-refractivity contribution in [1.82, 2.24) is 10.2 Å². The number of hydrogen-bond acceptors (Lipinski definition) is 2. The van der Waals surface area contributed by atoms with Gasteiger partial charge in [-0.3, -0.25) is 0 Å². The molecule has 0 radical (unpaired) electrons. The molecule has 0 saturated carbocycles. The van der Waals surface area contributed by atoms with Crippen LogP contribution in [0.4, 0.5) is 17.6 Å². The highest BCUT2D eigenvalue weighted by Gasteiger charge is 2.33. The number of rotatable bonds is 6. The Hall–Kier alpha value is -1.14. The number of likely N-dealkylation sites (N-methyl/N-ethyl adjacent to an activating group) is 1. The summed E-state index contributed by atoms with van der Waals surface area (Å²) in [6.07, 6.45) is -4.55. The highest BCUT2D eigenvalue weighted by Crippen LogP contribution is 2.32. The Morgan fingerprint density at radius 3 is 2.29 bits per heavy atom. The third-order valence-electron chi connectivity index (χ3n) is 3.30. The molecule has 0 amide bonds. The molecule has 0 aromatic heterocycles. The van der Waals surface area contributed by atoms with Crippen molar-refractivity contribution >= 4 is 0 Å². The van der Waals surface area contributed by atoms with Crippen LogP contribution >= 0.6 is 0 Å². The molecule has 0 saturated heterocycles. The van der Waals surface area contributed by atoms with Gasteiger partial charge in [0.2, 0.25) is 0 Å². The van der Waals surface area contributed by atoms with Crippen molar-refractivity contribution in [3.63, 3.8) is 0 Å². The fourth-order valence-electron chi connectivity index (χ4n) is 2.11. The fraction of sp³-hybridized carbons (Fsp3) is 0.600. The van der Waals surface area contributed by atoms with E-state index in [1.165, 1.54) is 6.07 Å². The lowest BCUT2D eigenvalue weighted by Gasteiger charge is -2.26. The van der Waals surface area contributed by atoms with Crippen molar-refractivity contribution in [2.24, 2.45) is 5.92 Å². The van der Waals surface area contributed by atoms with E-state index in [1.54, 1.807) is 0 Å². The summed E-state index contributed by atoms with van der Waals surface area (Å²) in [6, 6.07) is 2.86. The molecule has 1 unspecified atom stereocenters. The molecule has 0 aliphatic heterocycles. The van der Waals surface area contributed by atoms with Gasteiger partial charge in [0, 0.05) is 19.1 Å². The zero-order valence-corrected chi connectivity index (χ0v) is 12.8. The molecule has 120 valence electrons. The van der Waals surface area contributed by atoms with Crippen molar-refractivity contribution in [2.45, 2.75) is 32.6 Å². The summed E-state index contributed by atoms with van der Waals surface area (Å²) < 4.78 is 51.8. The molecule has 1 rings (SSSR count). The molecule has 2 nitrogen and oxygen atoms in total. The molecule has 1 aromatic rings. The minimum Gasteiger partial charge on any atom is -0.308 e. The van der Waals surface area contributed by atoms with Crippen molar-refractivity contribution < 1.29 is 17.6 Å². The Morgan fingerprint density at radius 1 is 1.19 bits per heavy atom. The van der Waals surface area contributed by atoms with E-state index >= 15 is 0 Å². The molecule has 0 heterocycles. The van der Waals surface area contributed by atoms with E-state index in [-0.39, 0.29) is 24.1 Å². The van der Waals surface area contributed by atoms with E-state index in [2.05, 4.69) is 5.32 Å². The highest BCUT2D eigenvalue weighted by molar-refractivity contribution is 5.30. The Bertz CT molecular complexity index is 455. The normalized spacial score (nSPS) is 14.0. The Morgan fingerprint density at radius 2 is 1.81 bits per heavy atom. The third-order valence-corrected chi connectivity index (χ3v) is 3.30. The van der Waals surface area contributed by atoms with Gasteiger partial charge in [-0.1, -0.05) is 19.9 Å². The smallest absolute Gasteiger partial charge is 0.308 e. The molecule has 0 aliphatic carbocycles. The molecular formula is C15H22F4N2. The van der Waals surface area contributed by atoms with E-state index in [0.717, 1.165) is 12.6 Å². The van der Waals surface area contributed by atoms with Crippen molar-refractivity contribution in [3.8, 4) is 0 Å². The predicted molar refractivity (Wildman–Crippen MR) is 75.4 cm³/mol. The first-order chi connectivity index (χ1) is 9.61. The second-order valence-electron chi connectivity index (χ2n) is 5.79. The maximum Gasteiger partial charge on any atom is 0.416 e. The zero-order valence-electron chi connectivity index (χ0n) is 12.8. The number of hydrogen-bond donors (Lipinski definition) is 1. The molecule has 1 atom stereocenters. The van der Waals surface area contributed by atoms with Crippen LogP contribution in [0, 0.1) is 11.7 Å². The summed E-state index contributed by atoms with van der Waals surface area (Å²) in [5.74, 6) is -0.595. The van der Waals surface area contributed by atoms with E-state index in [4.69, 9.17) is 0 Å². The second kappa shape index (κ2) is 7.22. The first-order valence-electron chi connectivity index (χ1n) is 6.85. The summed E-state index contributed by atoms with van der Waals surface area (Å²) in [7, 11) is 3.83. The molecule has 1 N–H and O–H groups in total. The van der Waals surface area contributed by atoms with Crippen LogP contribution in [0.2, 0.25) is 0 Å². The minimum absolute atomic E-state index is 0.0612. The van der Waals surface area contributed by atoms with Gasteiger partial charge in [0.05, 0.1) is 5.56 Å². The van der Waals surface area contributed by atoms with Crippen molar-refractivity contribution in [3.05, 3.63) is 35.1 Å². The lowest BCUT2D eigenvalue weighted by Crippen LogP contribution is -2.41. The minimum atomic E-state index is -4.55. The first-order valence-corrected chi connectivity index (χ1v) is 6.85. The first kappa shape index (κ1) is 17.9. The fourth-order valence-corrected chi connectivity index (χ4v) is 2.11. The lowest BCUT2D eigenvalue weighted by molar-refractivity contribution is -0.138. The molecule has 0 aliphatic rings. The molecular weight excluding hydrogens is 284 g/mol. The highest BCUT2D eigenvalue weighted by atomic mass is 19.4. The molecule has 0 bridgehead atoms. The van der Waals surface area contributed by atoms with Crippen molar-refractivity contribution in [2.75, 3.05) is 20.6 Å². The Kier molecular flexibility index (Phi) is 6.16. The average molecular weight is 306 g/mol. The second-order valence-corrected chi connectivity index (χ2v) is 5.79. The van der Waals surface area contributed by atoms with Crippen LogP contribution in [-0.4, -0.2) is 31.6 Å². The monoisotopic (exact) mass is 306 g/mol. The van der Waals surface area contributed by atoms with Crippen LogP contribution in [0.25, 0.3) is 0 Å². The maximum absolute atomic E-state index is 13.0. The molecule has 0 fully saturated rings. The predicted octanol–water partition coefficient (Wildman–Crippen LogP) is 3.52. The van der Waals surface area contributed by atoms with Crippen LogP contribution in [0.15, 0.2) is 18.2 Å². The van der Waals surface area contributed by atoms with E-state index in [1.807, 2.05) is 32.8 Å². The van der Waals surface area contributed by atoms with Gasteiger partial charge in [-0.15, -0.1) is 0 Å². The van der Waals surface area contributed by atoms with Gasteiger partial charge >= 0.3 is 6.18 Å². The summed E-state index contributed by atoms with van der Waals surface area (Å²) in [4.78, 5) is 1.98. The number of nitrogens with zero attached hydrogens (tertiary/aromatic N) is 1. The van der Waals surface area contributed by atoms with Gasteiger partial charge in [-0.2, -0.15) is 13.2 Å². The largest absolute Gasteiger partial charge is 0.416 e. The molecule has 6 heteroatoms. The molecule has 1 aromatic carbocycles. The SMILES string of the molecule is CC(C)C(CN(C)C)NCc1ccc(F)cc1C(F)(F)F. The van der Waals surface area contributed by atoms with E-state index in [9.17, 15) is 17.6 Å². The summed E-state index contributed by atoms with van der Waals surface area (Å²) >= 11 is 0. The van der Waals surface area contributed by atoms with Gasteiger partial charge in [0.15, 0.2) is 0 Å². The number of nitrogens with one attached hydrogen (secondary N) is 1. The van der Waals surface area contributed by atoms with E-state index < -0.39 is 17.6 Å². The molecule has 21 heavy (non-hydrogen) atoms. The summed E-state index contributed by atoms with van der Waals surface area (Å²) in [5, 5.41) is 3.13. The molecule has 0 spiro atoms. The summed E-state index contributed by atoms with van der Waals surface area (Å²) in [5.41, 5.74) is -0.851. The lowest BCUT2D eigenvalue weighted by atomic mass is 10.0. The zero-order chi connectivity index (χ0) is 16.2. The summed E-state index contributed by atoms with van der Waals surface area (Å²) in [6.45, 7) is 4.80. The van der Waals surface area contributed by atoms with Crippen LogP contribution in [0.3, 0.4) is 0 Å².